The average molecular weight is 407 g/mol. The van der Waals surface area contributed by atoms with Gasteiger partial charge in [-0.15, -0.1) is 10.2 Å². The Labute approximate surface area is 163 Å². The van der Waals surface area contributed by atoms with Crippen LogP contribution in [0.25, 0.3) is 11.4 Å². The number of carbonyl (C=O) groups is 1. The molecule has 0 aliphatic rings. The number of para-hydroxylation sites is 2. The number of amides is 1. The van der Waals surface area contributed by atoms with Gasteiger partial charge < -0.3 is 14.8 Å². The van der Waals surface area contributed by atoms with Gasteiger partial charge in [0.1, 0.15) is 18.0 Å². The van der Waals surface area contributed by atoms with Crippen LogP contribution >= 0.6 is 0 Å². The van der Waals surface area contributed by atoms with Gasteiger partial charge in [-0.25, -0.2) is 0 Å². The number of ether oxygens (including phenoxy) is 2. The molecule has 0 aliphatic heterocycles. The predicted molar refractivity (Wildman–Crippen MR) is 96.4 cm³/mol. The van der Waals surface area contributed by atoms with Crippen LogP contribution in [0.15, 0.2) is 48.5 Å². The van der Waals surface area contributed by atoms with Crippen molar-refractivity contribution in [1.29, 1.82) is 0 Å². The minimum absolute atomic E-state index is 0.0956. The van der Waals surface area contributed by atoms with Gasteiger partial charge in [0.25, 0.3) is 0 Å². The molecule has 0 aliphatic carbocycles. The molecule has 2 aromatic carbocycles. The summed E-state index contributed by atoms with van der Waals surface area (Å²) in [6.45, 7) is -1.75. The third-order valence-electron chi connectivity index (χ3n) is 3.62. The summed E-state index contributed by atoms with van der Waals surface area (Å²) >= 11 is 0. The van der Waals surface area contributed by atoms with Crippen molar-refractivity contribution in [3.05, 3.63) is 48.5 Å². The van der Waals surface area contributed by atoms with E-state index in [2.05, 4.69) is 20.7 Å². The molecule has 11 heteroatoms. The minimum atomic E-state index is -4.49. The van der Waals surface area contributed by atoms with Crippen LogP contribution in [0, 0.1) is 0 Å². The Morgan fingerprint density at radius 2 is 1.97 bits per heavy atom. The highest BCUT2D eigenvalue weighted by Crippen LogP contribution is 2.26. The zero-order chi connectivity index (χ0) is 20.9. The highest BCUT2D eigenvalue weighted by atomic mass is 19.4. The van der Waals surface area contributed by atoms with E-state index in [4.69, 9.17) is 9.47 Å². The Kier molecular flexibility index (Phi) is 5.96. The number of tetrazole rings is 1. The van der Waals surface area contributed by atoms with Crippen LogP contribution in [0.2, 0.25) is 0 Å². The number of benzene rings is 2. The van der Waals surface area contributed by atoms with E-state index in [1.165, 1.54) is 25.3 Å². The number of nitrogens with zero attached hydrogens (tertiary/aromatic N) is 4. The summed E-state index contributed by atoms with van der Waals surface area (Å²) in [5, 5.41) is 14.3. The van der Waals surface area contributed by atoms with Gasteiger partial charge in [-0.2, -0.15) is 18.0 Å². The molecule has 1 N–H and O–H groups in total. The van der Waals surface area contributed by atoms with Crippen molar-refractivity contribution < 1.29 is 27.4 Å². The number of rotatable bonds is 7. The number of carbonyl (C=O) groups excluding carboxylic acids is 1. The zero-order valence-electron chi connectivity index (χ0n) is 15.2. The largest absolute Gasteiger partial charge is 0.497 e. The number of hydrogen-bond donors (Lipinski definition) is 1. The van der Waals surface area contributed by atoms with Crippen molar-refractivity contribution in [2.24, 2.45) is 0 Å². The Balaban J connectivity index is 1.65. The van der Waals surface area contributed by atoms with Crippen LogP contribution < -0.4 is 14.8 Å². The fraction of sp³-hybridized carbons (Fsp3) is 0.222. The Morgan fingerprint density at radius 3 is 2.72 bits per heavy atom. The third kappa shape index (κ3) is 5.67. The molecule has 1 aromatic heterocycles. The van der Waals surface area contributed by atoms with Crippen molar-refractivity contribution in [2.45, 2.75) is 12.7 Å². The topological polar surface area (TPSA) is 91.2 Å². The molecule has 0 atom stereocenters. The molecular weight excluding hydrogens is 391 g/mol. The fourth-order valence-electron chi connectivity index (χ4n) is 2.36. The number of hydrogen-bond acceptors (Lipinski definition) is 6. The molecule has 1 heterocycles. The first-order valence-electron chi connectivity index (χ1n) is 8.35. The molecule has 0 saturated heterocycles. The SMILES string of the molecule is COc1cccc(-c2nnn(CC(=O)Nc3ccccc3OCC(F)(F)F)n2)c1. The fourth-order valence-corrected chi connectivity index (χ4v) is 2.36. The second kappa shape index (κ2) is 8.59. The highest BCUT2D eigenvalue weighted by molar-refractivity contribution is 5.92. The number of aromatic nitrogens is 4. The Hall–Kier alpha value is -3.63. The quantitative estimate of drug-likeness (QED) is 0.648. The molecule has 0 unspecified atom stereocenters. The van der Waals surface area contributed by atoms with Crippen LogP contribution in [0.5, 0.6) is 11.5 Å². The first-order chi connectivity index (χ1) is 13.8. The molecule has 3 aromatic rings. The smallest absolute Gasteiger partial charge is 0.422 e. The molecule has 0 bridgehead atoms. The van der Waals surface area contributed by atoms with Gasteiger partial charge in [-0.3, -0.25) is 4.79 Å². The minimum Gasteiger partial charge on any atom is -0.497 e. The summed E-state index contributed by atoms with van der Waals surface area (Å²) in [6.07, 6.45) is -4.49. The van der Waals surface area contributed by atoms with E-state index in [9.17, 15) is 18.0 Å². The lowest BCUT2D eigenvalue weighted by Crippen LogP contribution is -2.22. The second-order valence-corrected chi connectivity index (χ2v) is 5.82. The van der Waals surface area contributed by atoms with E-state index in [-0.39, 0.29) is 18.0 Å². The number of anilines is 1. The summed E-state index contributed by atoms with van der Waals surface area (Å²) in [6, 6.07) is 12.8. The van der Waals surface area contributed by atoms with Crippen molar-refractivity contribution >= 4 is 11.6 Å². The van der Waals surface area contributed by atoms with Gasteiger partial charge in [0.05, 0.1) is 12.8 Å². The van der Waals surface area contributed by atoms with Gasteiger partial charge in [0.2, 0.25) is 11.7 Å². The summed E-state index contributed by atoms with van der Waals surface area (Å²) in [7, 11) is 1.53. The van der Waals surface area contributed by atoms with Crippen LogP contribution in [-0.2, 0) is 11.3 Å². The summed E-state index contributed by atoms with van der Waals surface area (Å²) in [4.78, 5) is 13.3. The summed E-state index contributed by atoms with van der Waals surface area (Å²) in [5.41, 5.74) is 0.761. The number of alkyl halides is 3. The van der Waals surface area contributed by atoms with E-state index < -0.39 is 18.7 Å². The molecular formula is C18H16F3N5O3. The Bertz CT molecular complexity index is 991. The predicted octanol–water partition coefficient (Wildman–Crippen LogP) is 2.93. The highest BCUT2D eigenvalue weighted by Gasteiger charge is 2.28. The van der Waals surface area contributed by atoms with E-state index in [1.54, 1.807) is 30.3 Å². The van der Waals surface area contributed by atoms with Crippen LogP contribution in [0.3, 0.4) is 0 Å². The molecule has 8 nitrogen and oxygen atoms in total. The molecule has 1 amide bonds. The molecule has 3 rings (SSSR count). The van der Waals surface area contributed by atoms with Crippen molar-refractivity contribution in [2.75, 3.05) is 19.0 Å². The third-order valence-corrected chi connectivity index (χ3v) is 3.62. The lowest BCUT2D eigenvalue weighted by molar-refractivity contribution is -0.153. The first-order valence-corrected chi connectivity index (χ1v) is 8.35. The number of methoxy groups -OCH3 is 1. The monoisotopic (exact) mass is 407 g/mol. The van der Waals surface area contributed by atoms with E-state index in [0.29, 0.717) is 17.1 Å². The van der Waals surface area contributed by atoms with Crippen molar-refractivity contribution in [3.8, 4) is 22.9 Å². The van der Waals surface area contributed by atoms with Gasteiger partial charge in [0, 0.05) is 5.56 Å². The van der Waals surface area contributed by atoms with Crippen LogP contribution in [0.1, 0.15) is 0 Å². The maximum Gasteiger partial charge on any atom is 0.422 e. The summed E-state index contributed by atoms with van der Waals surface area (Å²) in [5.74, 6) is 0.266. The van der Waals surface area contributed by atoms with Crippen molar-refractivity contribution in [3.63, 3.8) is 0 Å². The molecule has 0 spiro atoms. The van der Waals surface area contributed by atoms with Crippen LogP contribution in [-0.4, -0.2) is 46.0 Å². The molecule has 0 saturated carbocycles. The van der Waals surface area contributed by atoms with Gasteiger partial charge >= 0.3 is 6.18 Å². The lowest BCUT2D eigenvalue weighted by Gasteiger charge is -2.13. The maximum absolute atomic E-state index is 12.4. The second-order valence-electron chi connectivity index (χ2n) is 5.82. The summed E-state index contributed by atoms with van der Waals surface area (Å²) < 4.78 is 47.0. The van der Waals surface area contributed by atoms with E-state index in [0.717, 1.165) is 4.80 Å². The van der Waals surface area contributed by atoms with Crippen LogP contribution in [0.4, 0.5) is 18.9 Å². The zero-order valence-corrected chi connectivity index (χ0v) is 15.2. The van der Waals surface area contributed by atoms with Gasteiger partial charge in [-0.05, 0) is 29.5 Å². The standard InChI is InChI=1S/C18H16F3N5O3/c1-28-13-6-4-5-12(9-13)17-23-25-26(24-17)10-16(27)22-14-7-2-3-8-15(14)29-11-18(19,20)21/h2-9H,10-11H2,1H3,(H,22,27). The number of halogens is 3. The van der Waals surface area contributed by atoms with Gasteiger partial charge in [0.15, 0.2) is 6.61 Å². The van der Waals surface area contributed by atoms with Gasteiger partial charge in [-0.1, -0.05) is 24.3 Å². The van der Waals surface area contributed by atoms with E-state index >= 15 is 0 Å². The van der Waals surface area contributed by atoms with Crippen molar-refractivity contribution in [1.82, 2.24) is 20.2 Å². The molecule has 29 heavy (non-hydrogen) atoms. The molecule has 152 valence electrons. The number of nitrogens with one attached hydrogen (secondary N) is 1. The van der Waals surface area contributed by atoms with E-state index in [1.807, 2.05) is 0 Å². The molecule has 0 fully saturated rings. The average Bonchev–Trinajstić information content (AvgIpc) is 3.15. The lowest BCUT2D eigenvalue weighted by atomic mass is 10.2. The molecule has 0 radical (unpaired) electrons. The maximum atomic E-state index is 12.4. The first kappa shape index (κ1) is 20.1. The Morgan fingerprint density at radius 1 is 1.17 bits per heavy atom. The normalized spacial score (nSPS) is 11.2.